The molecule has 0 saturated heterocycles. The molecule has 1 amide bonds. The van der Waals surface area contributed by atoms with E-state index >= 15 is 0 Å². The van der Waals surface area contributed by atoms with Crippen molar-refractivity contribution in [2.24, 2.45) is 10.2 Å². The molecular formula is C26H18N8O3. The second kappa shape index (κ2) is 10.0. The molecule has 2 aromatic heterocycles. The number of carbonyl (C=O) groups is 1. The third-order valence-corrected chi connectivity index (χ3v) is 5.44. The van der Waals surface area contributed by atoms with Crippen molar-refractivity contribution < 1.29 is 15.0 Å². The number of anilines is 1. The molecule has 3 aromatic carbocycles. The lowest BCUT2D eigenvalue weighted by Crippen LogP contribution is -2.13. The first-order chi connectivity index (χ1) is 18.1. The highest BCUT2D eigenvalue weighted by molar-refractivity contribution is 6.16. The molecule has 5 aromatic rings. The van der Waals surface area contributed by atoms with Crippen LogP contribution in [0.5, 0.6) is 5.75 Å². The Labute approximate surface area is 210 Å². The molecule has 5 rings (SSSR count). The van der Waals surface area contributed by atoms with E-state index in [1.54, 1.807) is 60.7 Å². The van der Waals surface area contributed by atoms with Gasteiger partial charge in [-0.05, 0) is 40.6 Å². The molecule has 0 atom stereocenters. The maximum absolute atomic E-state index is 13.3. The molecule has 37 heavy (non-hydrogen) atoms. The standard InChI is InChI=1S/C26H18N8O3/c1-27-21-14-30-34(26-28-10-5-11-29-26)24(21)33-32-20-13-17-7-2-3-9-19(17)22(23(20)36)25(37)31-18-8-4-6-16(12-18)15-35/h2-14,35-36H,15H2,(H,31,37)/b33-32+. The number of aliphatic hydroxyl groups is 1. The molecule has 2 heterocycles. The van der Waals surface area contributed by atoms with E-state index in [4.69, 9.17) is 6.57 Å². The monoisotopic (exact) mass is 490 g/mol. The van der Waals surface area contributed by atoms with E-state index in [9.17, 15) is 15.0 Å². The van der Waals surface area contributed by atoms with Gasteiger partial charge in [-0.15, -0.1) is 10.2 Å². The zero-order valence-corrected chi connectivity index (χ0v) is 19.1. The summed E-state index contributed by atoms with van der Waals surface area (Å²) in [6.45, 7) is 7.26. The smallest absolute Gasteiger partial charge is 0.260 e. The Kier molecular flexibility index (Phi) is 6.31. The molecule has 0 aliphatic carbocycles. The third-order valence-electron chi connectivity index (χ3n) is 5.44. The van der Waals surface area contributed by atoms with Crippen LogP contribution in [0.3, 0.4) is 0 Å². The number of phenolic OH excluding ortho intramolecular Hbond substituents is 1. The molecule has 0 spiro atoms. The summed E-state index contributed by atoms with van der Waals surface area (Å²) >= 11 is 0. The highest BCUT2D eigenvalue weighted by Gasteiger charge is 2.20. The molecular weight excluding hydrogens is 472 g/mol. The van der Waals surface area contributed by atoms with Gasteiger partial charge in [-0.1, -0.05) is 36.4 Å². The first-order valence-corrected chi connectivity index (χ1v) is 11.0. The van der Waals surface area contributed by atoms with Gasteiger partial charge in [-0.2, -0.15) is 9.78 Å². The predicted octanol–water partition coefficient (Wildman–Crippen LogP) is 5.23. The number of aromatic hydroxyl groups is 1. The van der Waals surface area contributed by atoms with Crippen LogP contribution < -0.4 is 5.32 Å². The van der Waals surface area contributed by atoms with Gasteiger partial charge in [0, 0.05) is 18.1 Å². The number of aromatic nitrogens is 4. The van der Waals surface area contributed by atoms with Gasteiger partial charge >= 0.3 is 0 Å². The van der Waals surface area contributed by atoms with Crippen molar-refractivity contribution in [3.8, 4) is 11.7 Å². The van der Waals surface area contributed by atoms with Gasteiger partial charge in [0.15, 0.2) is 11.6 Å². The van der Waals surface area contributed by atoms with Crippen molar-refractivity contribution in [1.29, 1.82) is 0 Å². The number of benzene rings is 3. The first kappa shape index (κ1) is 23.3. The molecule has 11 nitrogen and oxygen atoms in total. The molecule has 0 bridgehead atoms. The van der Waals surface area contributed by atoms with E-state index in [0.717, 1.165) is 0 Å². The number of amides is 1. The van der Waals surface area contributed by atoms with Crippen LogP contribution in [-0.4, -0.2) is 35.9 Å². The van der Waals surface area contributed by atoms with Crippen molar-refractivity contribution in [3.05, 3.63) is 102 Å². The summed E-state index contributed by atoms with van der Waals surface area (Å²) < 4.78 is 1.26. The lowest BCUT2D eigenvalue weighted by atomic mass is 10.0. The van der Waals surface area contributed by atoms with Crippen molar-refractivity contribution >= 4 is 39.6 Å². The normalized spacial score (nSPS) is 11.0. The molecule has 0 unspecified atom stereocenters. The predicted molar refractivity (Wildman–Crippen MR) is 136 cm³/mol. The molecule has 0 aliphatic heterocycles. The summed E-state index contributed by atoms with van der Waals surface area (Å²) in [7, 11) is 0. The highest BCUT2D eigenvalue weighted by atomic mass is 16.3. The number of carbonyl (C=O) groups excluding carboxylic acids is 1. The molecule has 0 radical (unpaired) electrons. The Hall–Kier alpha value is -5.47. The van der Waals surface area contributed by atoms with Crippen molar-refractivity contribution in [3.63, 3.8) is 0 Å². The maximum atomic E-state index is 13.3. The minimum Gasteiger partial charge on any atom is -0.505 e. The van der Waals surface area contributed by atoms with E-state index < -0.39 is 5.91 Å². The van der Waals surface area contributed by atoms with E-state index in [1.807, 2.05) is 0 Å². The number of phenols is 1. The van der Waals surface area contributed by atoms with Gasteiger partial charge in [0.2, 0.25) is 0 Å². The van der Waals surface area contributed by atoms with Crippen LogP contribution in [0, 0.1) is 6.57 Å². The minimum absolute atomic E-state index is 0.00625. The van der Waals surface area contributed by atoms with Gasteiger partial charge < -0.3 is 15.5 Å². The van der Waals surface area contributed by atoms with Crippen molar-refractivity contribution in [2.75, 3.05) is 5.32 Å². The van der Waals surface area contributed by atoms with Gasteiger partial charge in [0.05, 0.1) is 24.9 Å². The van der Waals surface area contributed by atoms with Crippen molar-refractivity contribution in [1.82, 2.24) is 19.7 Å². The second-order valence-electron chi connectivity index (χ2n) is 7.78. The number of fused-ring (bicyclic) bond motifs is 1. The van der Waals surface area contributed by atoms with Gasteiger partial charge in [-0.25, -0.2) is 14.8 Å². The third kappa shape index (κ3) is 4.60. The number of aliphatic hydroxyl groups excluding tert-OH is 1. The zero-order chi connectivity index (χ0) is 25.8. The fourth-order valence-corrected chi connectivity index (χ4v) is 3.72. The van der Waals surface area contributed by atoms with Crippen LogP contribution in [-0.2, 0) is 6.61 Å². The number of hydrogen-bond donors (Lipinski definition) is 3. The quantitative estimate of drug-likeness (QED) is 0.220. The Bertz CT molecular complexity index is 1690. The summed E-state index contributed by atoms with van der Waals surface area (Å²) in [6.07, 6.45) is 4.37. The Morgan fingerprint density at radius 3 is 2.65 bits per heavy atom. The molecule has 180 valence electrons. The average Bonchev–Trinajstić information content (AvgIpc) is 3.35. The molecule has 11 heteroatoms. The largest absolute Gasteiger partial charge is 0.505 e. The average molecular weight is 490 g/mol. The zero-order valence-electron chi connectivity index (χ0n) is 19.1. The Morgan fingerprint density at radius 2 is 1.86 bits per heavy atom. The molecule has 0 saturated carbocycles. The lowest BCUT2D eigenvalue weighted by molar-refractivity contribution is 0.102. The van der Waals surface area contributed by atoms with Crippen LogP contribution >= 0.6 is 0 Å². The van der Waals surface area contributed by atoms with Crippen LogP contribution in [0.2, 0.25) is 0 Å². The fourth-order valence-electron chi connectivity index (χ4n) is 3.72. The summed E-state index contributed by atoms with van der Waals surface area (Å²) in [4.78, 5) is 25.0. The van der Waals surface area contributed by atoms with Crippen LogP contribution in [0.4, 0.5) is 22.9 Å². The Balaban J connectivity index is 1.58. The number of rotatable bonds is 6. The first-order valence-electron chi connectivity index (χ1n) is 11.0. The maximum Gasteiger partial charge on any atom is 0.260 e. The summed E-state index contributed by atoms with van der Waals surface area (Å²) in [5.74, 6) is -0.685. The second-order valence-corrected chi connectivity index (χ2v) is 7.78. The topological polar surface area (TPSA) is 142 Å². The lowest BCUT2D eigenvalue weighted by Gasteiger charge is -2.12. The van der Waals surface area contributed by atoms with Gasteiger partial charge in [-0.3, -0.25) is 4.79 Å². The molecule has 3 N–H and O–H groups in total. The number of nitrogens with zero attached hydrogens (tertiary/aromatic N) is 7. The summed E-state index contributed by atoms with van der Waals surface area (Å²) in [5, 5.41) is 36.9. The highest BCUT2D eigenvalue weighted by Crippen LogP contribution is 2.39. The van der Waals surface area contributed by atoms with E-state index in [2.05, 4.69) is 35.5 Å². The van der Waals surface area contributed by atoms with E-state index in [1.165, 1.54) is 23.3 Å². The van der Waals surface area contributed by atoms with E-state index in [0.29, 0.717) is 22.0 Å². The van der Waals surface area contributed by atoms with Gasteiger partial charge in [0.1, 0.15) is 5.69 Å². The van der Waals surface area contributed by atoms with Crippen LogP contribution in [0.15, 0.2) is 89.5 Å². The number of nitrogens with one attached hydrogen (secondary N) is 1. The molecule has 0 aliphatic rings. The van der Waals surface area contributed by atoms with Crippen molar-refractivity contribution in [2.45, 2.75) is 6.61 Å². The SMILES string of the molecule is [C-]#[N+]c1cnn(-c2ncccn2)c1/N=N/c1cc2ccccc2c(C(=O)Nc2cccc(CO)c2)c1O. The number of azo groups is 1. The van der Waals surface area contributed by atoms with Crippen LogP contribution in [0.1, 0.15) is 15.9 Å². The molecule has 0 fully saturated rings. The summed E-state index contributed by atoms with van der Waals surface area (Å²) in [5.41, 5.74) is 1.22. The minimum atomic E-state index is -0.564. The Morgan fingerprint density at radius 1 is 1.05 bits per heavy atom. The van der Waals surface area contributed by atoms with Crippen LogP contribution in [0.25, 0.3) is 21.6 Å². The fraction of sp³-hybridized carbons (Fsp3) is 0.0385. The number of hydrogen-bond acceptors (Lipinski definition) is 8. The van der Waals surface area contributed by atoms with E-state index in [-0.39, 0.29) is 41.1 Å². The summed E-state index contributed by atoms with van der Waals surface area (Å²) in [6, 6.07) is 17.0. The van der Waals surface area contributed by atoms with Gasteiger partial charge in [0.25, 0.3) is 17.5 Å².